The van der Waals surface area contributed by atoms with Crippen molar-refractivity contribution in [2.45, 2.75) is 50.0 Å². The summed E-state index contributed by atoms with van der Waals surface area (Å²) < 4.78 is 7.96. The molecule has 29 heavy (non-hydrogen) atoms. The van der Waals surface area contributed by atoms with Crippen molar-refractivity contribution >= 4 is 35.2 Å². The highest BCUT2D eigenvalue weighted by Crippen LogP contribution is 2.27. The van der Waals surface area contributed by atoms with Gasteiger partial charge in [0, 0.05) is 31.3 Å². The first-order chi connectivity index (χ1) is 14.2. The lowest BCUT2D eigenvalue weighted by molar-refractivity contribution is -0.118. The Bertz CT molecular complexity index is 817. The molecule has 2 aliphatic rings. The van der Waals surface area contributed by atoms with Crippen LogP contribution in [0, 0.1) is 0 Å². The topological polar surface area (TPSA) is 72.3 Å². The first kappa shape index (κ1) is 20.5. The number of nitrogens with one attached hydrogen (secondary N) is 1. The number of nitrogens with zero attached hydrogens (tertiary/aromatic N) is 4. The largest absolute Gasteiger partial charge is 0.376 e. The van der Waals surface area contributed by atoms with Crippen LogP contribution in [-0.4, -0.2) is 52.2 Å². The number of thioether (sulfide) groups is 1. The lowest BCUT2D eigenvalue weighted by Crippen LogP contribution is -2.26. The maximum Gasteiger partial charge on any atom is 0.230 e. The molecule has 4 rings (SSSR count). The Morgan fingerprint density at radius 3 is 2.72 bits per heavy atom. The van der Waals surface area contributed by atoms with Gasteiger partial charge in [0.25, 0.3) is 0 Å². The summed E-state index contributed by atoms with van der Waals surface area (Å²) in [5.41, 5.74) is 1.02. The molecule has 0 aliphatic carbocycles. The van der Waals surface area contributed by atoms with Gasteiger partial charge in [0.05, 0.1) is 18.4 Å². The maximum atomic E-state index is 12.3. The molecule has 1 unspecified atom stereocenters. The predicted octanol–water partition coefficient (Wildman–Crippen LogP) is 3.12. The minimum atomic E-state index is -0.0284. The van der Waals surface area contributed by atoms with Crippen LogP contribution in [0.5, 0.6) is 0 Å². The van der Waals surface area contributed by atoms with E-state index < -0.39 is 0 Å². The van der Waals surface area contributed by atoms with E-state index >= 15 is 0 Å². The number of hydrogen-bond acceptors (Lipinski definition) is 6. The second-order valence-corrected chi connectivity index (χ2v) is 8.79. The number of amides is 1. The fraction of sp³-hybridized carbons (Fsp3) is 0.550. The fourth-order valence-electron chi connectivity index (χ4n) is 3.67. The molecule has 1 aromatic heterocycles. The van der Waals surface area contributed by atoms with Crippen molar-refractivity contribution < 1.29 is 9.53 Å². The van der Waals surface area contributed by atoms with Crippen molar-refractivity contribution in [3.05, 3.63) is 34.9 Å². The highest BCUT2D eigenvalue weighted by Gasteiger charge is 2.25. The Labute approximate surface area is 180 Å². The van der Waals surface area contributed by atoms with Crippen LogP contribution in [0.1, 0.15) is 31.2 Å². The van der Waals surface area contributed by atoms with Gasteiger partial charge in [0.15, 0.2) is 5.16 Å². The molecular formula is C20H26ClN5O2S. The molecule has 2 aromatic rings. The third kappa shape index (κ3) is 5.43. The normalized spacial score (nSPS) is 19.1. The Morgan fingerprint density at radius 1 is 1.21 bits per heavy atom. The highest BCUT2D eigenvalue weighted by atomic mass is 35.5. The second-order valence-electron chi connectivity index (χ2n) is 7.41. The van der Waals surface area contributed by atoms with Gasteiger partial charge in [0.1, 0.15) is 0 Å². The van der Waals surface area contributed by atoms with E-state index in [1.165, 1.54) is 24.6 Å². The van der Waals surface area contributed by atoms with E-state index in [9.17, 15) is 4.79 Å². The third-order valence-corrected chi connectivity index (χ3v) is 6.45. The number of hydrogen-bond donors (Lipinski definition) is 1. The molecule has 3 heterocycles. The number of anilines is 1. The number of ether oxygens (including phenoxy) is 1. The molecule has 1 N–H and O–H groups in total. The van der Waals surface area contributed by atoms with E-state index in [1.807, 2.05) is 24.3 Å². The number of aromatic nitrogens is 3. The molecule has 7 nitrogen and oxygen atoms in total. The average molecular weight is 436 g/mol. The minimum Gasteiger partial charge on any atom is -0.376 e. The lowest BCUT2D eigenvalue weighted by Gasteiger charge is -2.20. The number of carbonyl (C=O) groups is 1. The summed E-state index contributed by atoms with van der Waals surface area (Å²) in [6.45, 7) is 4.07. The summed E-state index contributed by atoms with van der Waals surface area (Å²) in [5, 5.41) is 13.2. The van der Waals surface area contributed by atoms with Gasteiger partial charge < -0.3 is 15.0 Å². The molecule has 0 bridgehead atoms. The molecule has 2 fully saturated rings. The van der Waals surface area contributed by atoms with Crippen molar-refractivity contribution in [2.75, 3.05) is 30.3 Å². The molecule has 1 atom stereocenters. The lowest BCUT2D eigenvalue weighted by atomic mass is 10.2. The van der Waals surface area contributed by atoms with Crippen LogP contribution in [0.2, 0.25) is 5.02 Å². The number of rotatable bonds is 8. The van der Waals surface area contributed by atoms with Crippen LogP contribution in [0.15, 0.2) is 29.4 Å². The number of benzene rings is 1. The zero-order valence-electron chi connectivity index (χ0n) is 16.3. The van der Waals surface area contributed by atoms with Gasteiger partial charge in [-0.25, -0.2) is 0 Å². The number of halogens is 1. The molecule has 156 valence electrons. The molecule has 0 spiro atoms. The van der Waals surface area contributed by atoms with Crippen molar-refractivity contribution in [3.63, 3.8) is 0 Å². The van der Waals surface area contributed by atoms with Crippen LogP contribution < -0.4 is 10.2 Å². The van der Waals surface area contributed by atoms with Crippen molar-refractivity contribution in [2.24, 2.45) is 0 Å². The van der Waals surface area contributed by atoms with Crippen LogP contribution in [0.3, 0.4) is 0 Å². The molecular weight excluding hydrogens is 410 g/mol. The first-order valence-electron chi connectivity index (χ1n) is 10.1. The molecule has 1 amide bonds. The van der Waals surface area contributed by atoms with E-state index in [2.05, 4.69) is 25.0 Å². The molecule has 0 saturated carbocycles. The highest BCUT2D eigenvalue weighted by molar-refractivity contribution is 7.99. The molecule has 2 aliphatic heterocycles. The SMILES string of the molecule is O=C(CSc1nnc(N2CCCC2)n1CC1CCCO1)NCc1ccc(Cl)cc1. The van der Waals surface area contributed by atoms with Gasteiger partial charge in [-0.15, -0.1) is 10.2 Å². The monoisotopic (exact) mass is 435 g/mol. The van der Waals surface area contributed by atoms with Gasteiger partial charge >= 0.3 is 0 Å². The molecule has 9 heteroatoms. The molecule has 0 radical (unpaired) electrons. The van der Waals surface area contributed by atoms with Crippen LogP contribution >= 0.6 is 23.4 Å². The van der Waals surface area contributed by atoms with E-state index in [0.29, 0.717) is 17.3 Å². The van der Waals surface area contributed by atoms with Crippen molar-refractivity contribution in [3.8, 4) is 0 Å². The third-order valence-electron chi connectivity index (χ3n) is 5.23. The zero-order chi connectivity index (χ0) is 20.1. The Hall–Kier alpha value is -1.77. The Kier molecular flexibility index (Phi) is 6.94. The van der Waals surface area contributed by atoms with Gasteiger partial charge in [-0.3, -0.25) is 9.36 Å². The van der Waals surface area contributed by atoms with Crippen molar-refractivity contribution in [1.29, 1.82) is 0 Å². The number of carbonyl (C=O) groups excluding carboxylic acids is 1. The molecule has 1 aromatic carbocycles. The second kappa shape index (κ2) is 9.82. The summed E-state index contributed by atoms with van der Waals surface area (Å²) in [6, 6.07) is 7.48. The average Bonchev–Trinajstić information content (AvgIpc) is 3.49. The fourth-order valence-corrected chi connectivity index (χ4v) is 4.57. The van der Waals surface area contributed by atoms with E-state index in [4.69, 9.17) is 16.3 Å². The summed E-state index contributed by atoms with van der Waals surface area (Å²) in [7, 11) is 0. The summed E-state index contributed by atoms with van der Waals surface area (Å²) in [5.74, 6) is 1.18. The van der Waals surface area contributed by atoms with Gasteiger partial charge in [-0.2, -0.15) is 0 Å². The van der Waals surface area contributed by atoms with E-state index in [-0.39, 0.29) is 12.0 Å². The van der Waals surface area contributed by atoms with Gasteiger partial charge in [0.2, 0.25) is 11.9 Å². The standard InChI is InChI=1S/C20H26ClN5O2S/c21-16-7-5-15(6-8-16)12-22-18(27)14-29-20-24-23-19(25-9-1-2-10-25)26(20)13-17-4-3-11-28-17/h5-8,17H,1-4,9-14H2,(H,22,27). The smallest absolute Gasteiger partial charge is 0.230 e. The maximum absolute atomic E-state index is 12.3. The first-order valence-corrected chi connectivity index (χ1v) is 11.5. The van der Waals surface area contributed by atoms with E-state index in [1.54, 1.807) is 0 Å². The zero-order valence-corrected chi connectivity index (χ0v) is 17.9. The summed E-state index contributed by atoms with van der Waals surface area (Å²) in [6.07, 6.45) is 4.72. The minimum absolute atomic E-state index is 0.0284. The van der Waals surface area contributed by atoms with E-state index in [0.717, 1.165) is 55.8 Å². The Morgan fingerprint density at radius 2 is 2.00 bits per heavy atom. The predicted molar refractivity (Wildman–Crippen MR) is 114 cm³/mol. The van der Waals surface area contributed by atoms with Crippen molar-refractivity contribution in [1.82, 2.24) is 20.1 Å². The Balaban J connectivity index is 1.36. The summed E-state index contributed by atoms with van der Waals surface area (Å²) >= 11 is 7.33. The van der Waals surface area contributed by atoms with Gasteiger partial charge in [-0.05, 0) is 43.4 Å². The van der Waals surface area contributed by atoms with Gasteiger partial charge in [-0.1, -0.05) is 35.5 Å². The van der Waals surface area contributed by atoms with Crippen LogP contribution in [-0.2, 0) is 22.6 Å². The van der Waals surface area contributed by atoms with Crippen LogP contribution in [0.4, 0.5) is 5.95 Å². The molecule has 2 saturated heterocycles. The quantitative estimate of drug-likeness (QED) is 0.642. The summed E-state index contributed by atoms with van der Waals surface area (Å²) in [4.78, 5) is 14.6. The van der Waals surface area contributed by atoms with Crippen LogP contribution in [0.25, 0.3) is 0 Å².